The van der Waals surface area contributed by atoms with Crippen LogP contribution in [0.2, 0.25) is 6.32 Å². The highest BCUT2D eigenvalue weighted by Crippen LogP contribution is 2.19. The van der Waals surface area contributed by atoms with Crippen molar-refractivity contribution < 1.29 is 24.7 Å². The van der Waals surface area contributed by atoms with E-state index in [1.54, 1.807) is 14.1 Å². The van der Waals surface area contributed by atoms with Crippen LogP contribution in [0.15, 0.2) is 0 Å². The zero-order chi connectivity index (χ0) is 18.6. The molecule has 0 saturated carbocycles. The Bertz CT molecular complexity index is 365. The molecule has 1 aliphatic rings. The van der Waals surface area contributed by atoms with Gasteiger partial charge in [-0.3, -0.25) is 9.59 Å². The molecule has 1 heterocycles. The minimum Gasteiger partial charge on any atom is -0.480 e. The smallest absolute Gasteiger partial charge is 0.451 e. The molecule has 5 N–H and O–H groups in total. The van der Waals surface area contributed by atoms with Gasteiger partial charge in [-0.25, -0.2) is 0 Å². The maximum atomic E-state index is 11.3. The second-order valence-corrected chi connectivity index (χ2v) is 6.56. The van der Waals surface area contributed by atoms with E-state index in [9.17, 15) is 14.7 Å². The summed E-state index contributed by atoms with van der Waals surface area (Å²) in [5, 5.41) is 26.8. The molecule has 1 saturated heterocycles. The first kappa shape index (κ1) is 22.8. The summed E-state index contributed by atoms with van der Waals surface area (Å²) in [4.78, 5) is 24.4. The molecule has 0 aromatic carbocycles. The average Bonchev–Trinajstić information content (AvgIpc) is 3.03. The number of unbranched alkanes of at least 4 members (excludes halogenated alkanes) is 1. The van der Waals surface area contributed by atoms with E-state index in [-0.39, 0.29) is 6.32 Å². The van der Waals surface area contributed by atoms with Crippen molar-refractivity contribution in [1.82, 2.24) is 9.80 Å². The van der Waals surface area contributed by atoms with E-state index < -0.39 is 18.6 Å². The number of amides is 1. The fourth-order valence-electron chi connectivity index (χ4n) is 2.47. The quantitative estimate of drug-likeness (QED) is 0.241. The molecule has 1 amide bonds. The average molecular weight is 345 g/mol. The number of carbonyl (C=O) groups excluding carboxylic acids is 1. The number of aliphatic carboxylic acids is 1. The summed E-state index contributed by atoms with van der Waals surface area (Å²) in [6.45, 7) is 2.80. The Balaban J connectivity index is 0.000000922. The summed E-state index contributed by atoms with van der Waals surface area (Å²) < 4.78 is 0. The predicted octanol–water partition coefficient (Wildman–Crippen LogP) is -0.398. The zero-order valence-corrected chi connectivity index (χ0v) is 14.9. The molecule has 0 bridgehead atoms. The zero-order valence-electron chi connectivity index (χ0n) is 14.9. The molecule has 0 spiro atoms. The van der Waals surface area contributed by atoms with Crippen LogP contribution in [0.4, 0.5) is 0 Å². The Kier molecular flexibility index (Phi) is 11.7. The van der Waals surface area contributed by atoms with Crippen LogP contribution in [0.3, 0.4) is 0 Å². The van der Waals surface area contributed by atoms with Crippen molar-refractivity contribution in [3.63, 3.8) is 0 Å². The number of hydrogen-bond acceptors (Lipinski definition) is 6. The molecule has 0 radical (unpaired) electrons. The Hall–Kier alpha value is -1.16. The van der Waals surface area contributed by atoms with Gasteiger partial charge in [0.25, 0.3) is 0 Å². The van der Waals surface area contributed by atoms with E-state index in [0.29, 0.717) is 25.7 Å². The van der Waals surface area contributed by atoms with Crippen molar-refractivity contribution in [2.75, 3.05) is 33.7 Å². The van der Waals surface area contributed by atoms with Gasteiger partial charge in [0.2, 0.25) is 6.41 Å². The van der Waals surface area contributed by atoms with E-state index in [2.05, 4.69) is 4.90 Å². The molecule has 140 valence electrons. The van der Waals surface area contributed by atoms with Crippen molar-refractivity contribution in [1.29, 1.82) is 0 Å². The first-order valence-corrected chi connectivity index (χ1v) is 8.44. The summed E-state index contributed by atoms with van der Waals surface area (Å²) in [5.74, 6) is -0.962. The molecule has 1 rings (SSSR count). The minimum absolute atomic E-state index is 0.266. The maximum absolute atomic E-state index is 11.3. The lowest BCUT2D eigenvalue weighted by Crippen LogP contribution is -2.50. The molecule has 9 heteroatoms. The number of rotatable bonds is 10. The van der Waals surface area contributed by atoms with Gasteiger partial charge < -0.3 is 30.7 Å². The van der Waals surface area contributed by atoms with Crippen molar-refractivity contribution in [3.8, 4) is 0 Å². The van der Waals surface area contributed by atoms with Gasteiger partial charge >= 0.3 is 13.1 Å². The topological polar surface area (TPSA) is 127 Å². The lowest BCUT2D eigenvalue weighted by molar-refractivity contribution is -0.144. The monoisotopic (exact) mass is 345 g/mol. The van der Waals surface area contributed by atoms with Gasteiger partial charge in [-0.1, -0.05) is 12.8 Å². The van der Waals surface area contributed by atoms with Crippen LogP contribution in [-0.2, 0) is 9.59 Å². The van der Waals surface area contributed by atoms with Crippen molar-refractivity contribution in [3.05, 3.63) is 0 Å². The van der Waals surface area contributed by atoms with E-state index in [4.69, 9.17) is 15.8 Å². The third-order valence-corrected chi connectivity index (χ3v) is 4.04. The number of carboxylic acids is 1. The van der Waals surface area contributed by atoms with E-state index in [1.807, 2.05) is 0 Å². The molecule has 1 aliphatic heterocycles. The second kappa shape index (κ2) is 12.2. The minimum atomic E-state index is -1.32. The van der Waals surface area contributed by atoms with E-state index in [0.717, 1.165) is 26.0 Å². The number of carboxylic acid groups (broad SMARTS) is 1. The van der Waals surface area contributed by atoms with Crippen LogP contribution >= 0.6 is 0 Å². The van der Waals surface area contributed by atoms with Crippen molar-refractivity contribution in [2.24, 2.45) is 5.73 Å². The summed E-state index contributed by atoms with van der Waals surface area (Å²) >= 11 is 0. The normalized spacial score (nSPS) is 16.7. The van der Waals surface area contributed by atoms with Gasteiger partial charge in [-0.05, 0) is 45.1 Å². The van der Waals surface area contributed by atoms with Crippen LogP contribution in [0, 0.1) is 0 Å². The van der Waals surface area contributed by atoms with Gasteiger partial charge in [0, 0.05) is 20.6 Å². The molecule has 1 atom stereocenters. The fraction of sp³-hybridized carbons (Fsp3) is 0.867. The van der Waals surface area contributed by atoms with Gasteiger partial charge in [-0.2, -0.15) is 0 Å². The predicted molar refractivity (Wildman–Crippen MR) is 93.4 cm³/mol. The molecule has 0 aromatic heterocycles. The molecule has 8 nitrogen and oxygen atoms in total. The third kappa shape index (κ3) is 10.6. The lowest BCUT2D eigenvalue weighted by atomic mass is 9.81. The lowest BCUT2D eigenvalue weighted by Gasteiger charge is -2.27. The highest BCUT2D eigenvalue weighted by molar-refractivity contribution is 6.40. The van der Waals surface area contributed by atoms with Crippen LogP contribution < -0.4 is 5.73 Å². The number of hydrogen-bond donors (Lipinski definition) is 4. The molecular weight excluding hydrogens is 313 g/mol. The Morgan fingerprint density at radius 3 is 2.21 bits per heavy atom. The third-order valence-electron chi connectivity index (χ3n) is 4.04. The van der Waals surface area contributed by atoms with Crippen molar-refractivity contribution >= 4 is 19.5 Å². The van der Waals surface area contributed by atoms with Gasteiger partial charge in [0.15, 0.2) is 0 Å². The van der Waals surface area contributed by atoms with Gasteiger partial charge in [0.05, 0.1) is 0 Å². The standard InChI is InChI=1S/C12H25BN2O4.C3H7NO/c14-12(11(16)17,5-1-2-7-13(18)19)6-10-15-8-3-4-9-15;1-4(2)3-5/h18-19H,1-10,14H2,(H,16,17);3H,1-2H3. The van der Waals surface area contributed by atoms with Crippen molar-refractivity contribution in [2.45, 2.75) is 50.4 Å². The molecule has 0 aliphatic carbocycles. The summed E-state index contributed by atoms with van der Waals surface area (Å²) in [5.41, 5.74) is 4.79. The Morgan fingerprint density at radius 1 is 1.25 bits per heavy atom. The molecule has 0 aromatic rings. The highest BCUT2D eigenvalue weighted by atomic mass is 16.4. The number of likely N-dealkylation sites (tertiary alicyclic amines) is 1. The van der Waals surface area contributed by atoms with E-state index in [1.165, 1.54) is 17.7 Å². The number of nitrogens with zero attached hydrogens (tertiary/aromatic N) is 2. The van der Waals surface area contributed by atoms with Gasteiger partial charge in [-0.15, -0.1) is 0 Å². The number of carbonyl (C=O) groups is 2. The first-order valence-electron chi connectivity index (χ1n) is 8.44. The fourth-order valence-corrected chi connectivity index (χ4v) is 2.47. The molecule has 1 unspecified atom stereocenters. The second-order valence-electron chi connectivity index (χ2n) is 6.56. The van der Waals surface area contributed by atoms with Crippen LogP contribution in [0.25, 0.3) is 0 Å². The summed E-state index contributed by atoms with van der Waals surface area (Å²) in [7, 11) is 2.06. The Labute approximate surface area is 144 Å². The molecule has 24 heavy (non-hydrogen) atoms. The SMILES string of the molecule is CN(C)C=O.NC(CCCCB(O)O)(CCN1CCCC1)C(=O)O. The van der Waals surface area contributed by atoms with Crippen LogP contribution in [0.5, 0.6) is 0 Å². The molecule has 1 fully saturated rings. The summed E-state index contributed by atoms with van der Waals surface area (Å²) in [6.07, 6.45) is 5.38. The molecular formula is C15H32BN3O5. The summed E-state index contributed by atoms with van der Waals surface area (Å²) in [6, 6.07) is 0. The van der Waals surface area contributed by atoms with Crippen LogP contribution in [0.1, 0.15) is 38.5 Å². The Morgan fingerprint density at radius 2 is 1.79 bits per heavy atom. The van der Waals surface area contributed by atoms with Gasteiger partial charge in [0.1, 0.15) is 5.54 Å². The van der Waals surface area contributed by atoms with E-state index >= 15 is 0 Å². The largest absolute Gasteiger partial charge is 0.480 e. The number of nitrogens with two attached hydrogens (primary N) is 1. The maximum Gasteiger partial charge on any atom is 0.451 e. The first-order chi connectivity index (χ1) is 11.2. The highest BCUT2D eigenvalue weighted by Gasteiger charge is 2.33. The van der Waals surface area contributed by atoms with Crippen LogP contribution in [-0.4, -0.2) is 83.7 Å².